The van der Waals surface area contributed by atoms with Gasteiger partial charge in [0, 0.05) is 0 Å². The third kappa shape index (κ3) is 6.99. The number of halogens is 4. The van der Waals surface area contributed by atoms with E-state index in [2.05, 4.69) is 26.0 Å². The number of thioether (sulfide) groups is 1. The molecule has 0 spiro atoms. The molecule has 3 aromatic rings. The van der Waals surface area contributed by atoms with Gasteiger partial charge in [-0.15, -0.1) is 10.2 Å². The third-order valence-electron chi connectivity index (χ3n) is 4.21. The van der Waals surface area contributed by atoms with Crippen LogP contribution in [0.15, 0.2) is 64.9 Å². The Bertz CT molecular complexity index is 1210. The largest absolute Gasteiger partial charge is 0.416 e. The minimum absolute atomic E-state index is 0.0191. The number of nitrogens with one attached hydrogen (secondary N) is 2. The van der Waals surface area contributed by atoms with Crippen molar-refractivity contribution in [2.24, 2.45) is 5.10 Å². The Morgan fingerprint density at radius 1 is 1.24 bits per heavy atom. The first-order chi connectivity index (χ1) is 16.1. The summed E-state index contributed by atoms with van der Waals surface area (Å²) in [5.41, 5.74) is 3.28. The molecule has 1 aromatic heterocycles. The first-order valence-electron chi connectivity index (χ1n) is 9.67. The molecule has 178 valence electrons. The molecule has 0 atom stereocenters. The Hall–Kier alpha value is -3.51. The second kappa shape index (κ2) is 11.1. The molecule has 13 heteroatoms. The highest BCUT2D eigenvalue weighted by Crippen LogP contribution is 2.34. The van der Waals surface area contributed by atoms with E-state index in [9.17, 15) is 18.0 Å². The summed E-state index contributed by atoms with van der Waals surface area (Å²) in [4.78, 5) is 12.2. The maximum atomic E-state index is 12.9. The summed E-state index contributed by atoms with van der Waals surface area (Å²) in [6.45, 7) is 1.78. The van der Waals surface area contributed by atoms with Crippen LogP contribution in [0.25, 0.3) is 6.08 Å². The number of hydrogen-bond acceptors (Lipinski definition) is 7. The summed E-state index contributed by atoms with van der Waals surface area (Å²) in [5, 5.41) is 14.4. The van der Waals surface area contributed by atoms with Gasteiger partial charge in [0.15, 0.2) is 0 Å². The molecule has 0 radical (unpaired) electrons. The van der Waals surface area contributed by atoms with Crippen LogP contribution in [0.5, 0.6) is 0 Å². The molecule has 0 aliphatic carbocycles. The predicted octanol–water partition coefficient (Wildman–Crippen LogP) is 4.90. The zero-order valence-electron chi connectivity index (χ0n) is 17.7. The number of aromatic nitrogens is 3. The van der Waals surface area contributed by atoms with Gasteiger partial charge in [0.2, 0.25) is 11.1 Å². The van der Waals surface area contributed by atoms with Crippen molar-refractivity contribution >= 4 is 52.7 Å². The van der Waals surface area contributed by atoms with E-state index < -0.39 is 17.6 Å². The number of hydrazone groups is 1. The molecular weight excluding hydrogens is 491 g/mol. The lowest BCUT2D eigenvalue weighted by molar-refractivity contribution is -0.137. The lowest BCUT2D eigenvalue weighted by Gasteiger charge is -2.11. The minimum atomic E-state index is -4.56. The molecule has 0 unspecified atom stereocenters. The summed E-state index contributed by atoms with van der Waals surface area (Å²) < 4.78 is 39.7. The van der Waals surface area contributed by atoms with Crippen LogP contribution in [0.4, 0.5) is 24.8 Å². The summed E-state index contributed by atoms with van der Waals surface area (Å²) in [7, 11) is 0. The van der Waals surface area contributed by atoms with Crippen LogP contribution in [0, 0.1) is 0 Å². The van der Waals surface area contributed by atoms with Crippen molar-refractivity contribution in [3.63, 3.8) is 0 Å². The predicted molar refractivity (Wildman–Crippen MR) is 128 cm³/mol. The number of nitrogen functional groups attached to an aromatic ring is 1. The van der Waals surface area contributed by atoms with Gasteiger partial charge >= 0.3 is 6.18 Å². The molecule has 0 saturated heterocycles. The van der Waals surface area contributed by atoms with Gasteiger partial charge in [-0.25, -0.2) is 10.1 Å². The van der Waals surface area contributed by atoms with Crippen LogP contribution < -0.4 is 16.6 Å². The lowest BCUT2D eigenvalue weighted by atomic mass is 10.2. The van der Waals surface area contributed by atoms with Crippen molar-refractivity contribution in [3.8, 4) is 0 Å². The Labute approximate surface area is 202 Å². The van der Waals surface area contributed by atoms with Gasteiger partial charge < -0.3 is 11.2 Å². The van der Waals surface area contributed by atoms with Gasteiger partial charge in [-0.05, 0) is 36.8 Å². The third-order valence-corrected chi connectivity index (χ3v) is 5.49. The number of amides is 1. The average Bonchev–Trinajstić information content (AvgIpc) is 3.15. The first-order valence-corrected chi connectivity index (χ1v) is 11.0. The molecule has 3 rings (SSSR count). The van der Waals surface area contributed by atoms with Crippen molar-refractivity contribution in [2.45, 2.75) is 18.3 Å². The Morgan fingerprint density at radius 3 is 2.68 bits per heavy atom. The first kappa shape index (κ1) is 25.1. The number of nitrogens with zero attached hydrogens (tertiary/aromatic N) is 4. The van der Waals surface area contributed by atoms with E-state index in [-0.39, 0.29) is 27.6 Å². The highest BCUT2D eigenvalue weighted by molar-refractivity contribution is 7.99. The number of carbonyl (C=O) groups excluding carboxylic acids is 1. The molecule has 4 N–H and O–H groups in total. The lowest BCUT2D eigenvalue weighted by Crippen LogP contribution is -2.17. The fraction of sp³-hybridized carbons (Fsp3) is 0.143. The number of alkyl halides is 3. The summed E-state index contributed by atoms with van der Waals surface area (Å²) >= 11 is 6.83. The van der Waals surface area contributed by atoms with Crippen LogP contribution in [0.1, 0.15) is 18.1 Å². The second-order valence-electron chi connectivity index (χ2n) is 6.81. The van der Waals surface area contributed by atoms with E-state index >= 15 is 0 Å². The van der Waals surface area contributed by atoms with Crippen molar-refractivity contribution in [2.75, 3.05) is 22.3 Å². The monoisotopic (exact) mass is 509 g/mol. The molecule has 0 aliphatic heterocycles. The molecule has 1 heterocycles. The van der Waals surface area contributed by atoms with Gasteiger partial charge in [0.1, 0.15) is 0 Å². The van der Waals surface area contributed by atoms with Crippen LogP contribution in [0.2, 0.25) is 5.02 Å². The molecule has 34 heavy (non-hydrogen) atoms. The molecule has 0 aliphatic rings. The van der Waals surface area contributed by atoms with E-state index in [1.54, 1.807) is 13.0 Å². The van der Waals surface area contributed by atoms with Crippen LogP contribution >= 0.6 is 23.4 Å². The SMILES string of the molecule is CC(/C=C/c1ccccc1)=N\Nc1nnc(SCC(=O)Nc2cc(C(F)(F)F)ccc2Cl)n1N. The Morgan fingerprint density at radius 2 is 1.97 bits per heavy atom. The Balaban J connectivity index is 1.56. The molecule has 2 aromatic carbocycles. The zero-order chi connectivity index (χ0) is 24.7. The van der Waals surface area contributed by atoms with Crippen LogP contribution in [-0.4, -0.2) is 32.2 Å². The van der Waals surface area contributed by atoms with E-state index in [0.29, 0.717) is 5.71 Å². The fourth-order valence-corrected chi connectivity index (χ4v) is 3.34. The average molecular weight is 510 g/mol. The van der Waals surface area contributed by atoms with Crippen molar-refractivity contribution in [1.82, 2.24) is 14.9 Å². The highest BCUT2D eigenvalue weighted by atomic mass is 35.5. The zero-order valence-corrected chi connectivity index (χ0v) is 19.2. The smallest absolute Gasteiger partial charge is 0.334 e. The van der Waals surface area contributed by atoms with E-state index in [4.69, 9.17) is 17.4 Å². The van der Waals surface area contributed by atoms with E-state index in [0.717, 1.165) is 40.2 Å². The number of carbonyl (C=O) groups is 1. The number of allylic oxidation sites excluding steroid dienone is 1. The normalized spacial score (nSPS) is 12.2. The number of benzene rings is 2. The summed E-state index contributed by atoms with van der Waals surface area (Å²) in [6.07, 6.45) is -0.862. The molecule has 1 amide bonds. The number of nitrogens with two attached hydrogens (primary N) is 1. The molecule has 0 bridgehead atoms. The molecule has 0 saturated carbocycles. The van der Waals surface area contributed by atoms with E-state index in [1.165, 1.54) is 0 Å². The highest BCUT2D eigenvalue weighted by Gasteiger charge is 2.31. The van der Waals surface area contributed by atoms with Gasteiger partial charge in [0.25, 0.3) is 5.95 Å². The van der Waals surface area contributed by atoms with Crippen molar-refractivity contribution in [1.29, 1.82) is 0 Å². The maximum absolute atomic E-state index is 12.9. The standard InChI is InChI=1S/C21H19ClF3N7OS/c1-13(7-8-14-5-3-2-4-6-14)28-29-19-30-31-20(32(19)26)34-12-18(33)27-17-11-15(21(23,24)25)9-10-16(17)22/h2-11H,12,26H2,1H3,(H,27,33)(H,29,30)/b8-7+,28-13+. The number of anilines is 2. The van der Waals surface area contributed by atoms with Gasteiger partial charge in [-0.3, -0.25) is 4.79 Å². The van der Waals surface area contributed by atoms with Crippen LogP contribution in [-0.2, 0) is 11.0 Å². The van der Waals surface area contributed by atoms with Crippen molar-refractivity contribution < 1.29 is 18.0 Å². The molecule has 0 fully saturated rings. The fourth-order valence-electron chi connectivity index (χ4n) is 2.52. The van der Waals surface area contributed by atoms with E-state index in [1.807, 2.05) is 36.4 Å². The van der Waals surface area contributed by atoms with Gasteiger partial charge in [0.05, 0.1) is 27.7 Å². The summed E-state index contributed by atoms with van der Waals surface area (Å²) in [6, 6.07) is 12.4. The maximum Gasteiger partial charge on any atom is 0.416 e. The molecular formula is C21H19ClF3N7OS. The second-order valence-corrected chi connectivity index (χ2v) is 8.16. The topological polar surface area (TPSA) is 110 Å². The van der Waals surface area contributed by atoms with Crippen LogP contribution in [0.3, 0.4) is 0 Å². The Kier molecular flexibility index (Phi) is 8.18. The quantitative estimate of drug-likeness (QED) is 0.172. The number of hydrogen-bond donors (Lipinski definition) is 3. The minimum Gasteiger partial charge on any atom is -0.334 e. The number of rotatable bonds is 8. The van der Waals surface area contributed by atoms with Crippen molar-refractivity contribution in [3.05, 3.63) is 70.8 Å². The summed E-state index contributed by atoms with van der Waals surface area (Å²) in [5.74, 6) is 5.28. The molecule has 8 nitrogen and oxygen atoms in total. The van der Waals surface area contributed by atoms with Gasteiger partial charge in [-0.2, -0.15) is 18.3 Å². The van der Waals surface area contributed by atoms with Gasteiger partial charge in [-0.1, -0.05) is 59.8 Å².